The van der Waals surface area contributed by atoms with Crippen molar-refractivity contribution in [3.8, 4) is 11.1 Å². The number of carbonyl (C=O) groups excluding carboxylic acids is 2. The molecule has 156 valence electrons. The van der Waals surface area contributed by atoms with Crippen LogP contribution in [0, 0.1) is 0 Å². The average molecular weight is 414 g/mol. The van der Waals surface area contributed by atoms with E-state index in [0.717, 1.165) is 47.0 Å². The summed E-state index contributed by atoms with van der Waals surface area (Å²) in [6.07, 6.45) is 6.77. The van der Waals surface area contributed by atoms with Crippen LogP contribution in [0.3, 0.4) is 0 Å². The zero-order chi connectivity index (χ0) is 21.4. The number of anilines is 2. The molecule has 1 aliphatic rings. The van der Waals surface area contributed by atoms with E-state index < -0.39 is 0 Å². The molecule has 1 fully saturated rings. The van der Waals surface area contributed by atoms with Gasteiger partial charge in [-0.2, -0.15) is 5.10 Å². The molecule has 8 nitrogen and oxygen atoms in total. The van der Waals surface area contributed by atoms with Gasteiger partial charge in [0.05, 0.1) is 6.42 Å². The van der Waals surface area contributed by atoms with E-state index in [-0.39, 0.29) is 18.4 Å². The van der Waals surface area contributed by atoms with Crippen molar-refractivity contribution in [2.75, 3.05) is 10.2 Å². The van der Waals surface area contributed by atoms with Gasteiger partial charge in [0.15, 0.2) is 5.82 Å². The Labute approximate surface area is 178 Å². The normalized spacial score (nSPS) is 13.3. The number of pyridine rings is 1. The van der Waals surface area contributed by atoms with Gasteiger partial charge < -0.3 is 10.3 Å². The van der Waals surface area contributed by atoms with Gasteiger partial charge >= 0.3 is 0 Å². The van der Waals surface area contributed by atoms with E-state index >= 15 is 0 Å². The lowest BCUT2D eigenvalue weighted by molar-refractivity contribution is -0.115. The summed E-state index contributed by atoms with van der Waals surface area (Å²) in [4.78, 5) is 33.4. The number of H-pyrrole nitrogens is 1. The van der Waals surface area contributed by atoms with Crippen molar-refractivity contribution in [3.05, 3.63) is 60.4 Å². The van der Waals surface area contributed by atoms with Crippen LogP contribution < -0.4 is 10.2 Å². The number of benzene rings is 1. The smallest absolute Gasteiger partial charge is 0.229 e. The van der Waals surface area contributed by atoms with Gasteiger partial charge in [-0.25, -0.2) is 4.98 Å². The Balaban J connectivity index is 1.39. The number of hydrogen-bond donors (Lipinski definition) is 2. The first-order valence-corrected chi connectivity index (χ1v) is 10.2. The molecule has 3 heterocycles. The lowest BCUT2D eigenvalue weighted by Gasteiger charge is -2.17. The second-order valence-corrected chi connectivity index (χ2v) is 7.81. The minimum absolute atomic E-state index is 0.114. The Morgan fingerprint density at radius 1 is 1.26 bits per heavy atom. The number of aromatic nitrogens is 4. The summed E-state index contributed by atoms with van der Waals surface area (Å²) in [6, 6.07) is 13.8. The molecule has 3 aromatic heterocycles. The molecule has 31 heavy (non-hydrogen) atoms. The van der Waals surface area contributed by atoms with E-state index in [1.165, 1.54) is 0 Å². The van der Waals surface area contributed by atoms with Crippen LogP contribution in [0.5, 0.6) is 0 Å². The minimum Gasteiger partial charge on any atom is -0.346 e. The van der Waals surface area contributed by atoms with Crippen molar-refractivity contribution in [3.63, 3.8) is 0 Å². The molecule has 0 atom stereocenters. The molecule has 1 aromatic carbocycles. The van der Waals surface area contributed by atoms with E-state index in [0.29, 0.717) is 11.6 Å². The molecule has 0 radical (unpaired) electrons. The lowest BCUT2D eigenvalue weighted by atomic mass is 10.0. The summed E-state index contributed by atoms with van der Waals surface area (Å²) in [7, 11) is 1.80. The highest BCUT2D eigenvalue weighted by molar-refractivity contribution is 5.96. The number of nitrogens with one attached hydrogen (secondary N) is 2. The summed E-state index contributed by atoms with van der Waals surface area (Å²) in [6.45, 7) is 0. The molecule has 0 aliphatic heterocycles. The summed E-state index contributed by atoms with van der Waals surface area (Å²) in [5, 5.41) is 7.95. The Morgan fingerprint density at radius 3 is 2.74 bits per heavy atom. The summed E-state index contributed by atoms with van der Waals surface area (Å²) in [5.41, 5.74) is 3.66. The molecule has 0 spiro atoms. The number of rotatable bonds is 7. The molecule has 2 N–H and O–H groups in total. The predicted molar refractivity (Wildman–Crippen MR) is 119 cm³/mol. The first kappa shape index (κ1) is 19.0. The molecular formula is C23H22N6O2. The van der Waals surface area contributed by atoms with Gasteiger partial charge in [0.2, 0.25) is 12.3 Å². The van der Waals surface area contributed by atoms with Crippen molar-refractivity contribution in [1.29, 1.82) is 0 Å². The van der Waals surface area contributed by atoms with Crippen LogP contribution in [0.4, 0.5) is 11.6 Å². The first-order chi connectivity index (χ1) is 15.1. The van der Waals surface area contributed by atoms with Crippen molar-refractivity contribution in [1.82, 2.24) is 19.7 Å². The summed E-state index contributed by atoms with van der Waals surface area (Å²) < 4.78 is 1.64. The van der Waals surface area contributed by atoms with Gasteiger partial charge in [-0.3, -0.25) is 19.2 Å². The zero-order valence-corrected chi connectivity index (χ0v) is 17.1. The monoisotopic (exact) mass is 414 g/mol. The van der Waals surface area contributed by atoms with Crippen LogP contribution in [0.25, 0.3) is 22.2 Å². The predicted octanol–water partition coefficient (Wildman–Crippen LogP) is 3.27. The maximum absolute atomic E-state index is 12.3. The minimum atomic E-state index is -0.114. The number of amides is 2. The number of carbonyl (C=O) groups is 2. The van der Waals surface area contributed by atoms with Crippen LogP contribution >= 0.6 is 0 Å². The molecule has 8 heteroatoms. The Hall–Kier alpha value is -3.94. The molecule has 2 amide bonds. The summed E-state index contributed by atoms with van der Waals surface area (Å²) >= 11 is 0. The van der Waals surface area contributed by atoms with Gasteiger partial charge in [-0.05, 0) is 41.7 Å². The molecular weight excluding hydrogens is 392 g/mol. The molecule has 1 saturated carbocycles. The van der Waals surface area contributed by atoms with E-state index in [4.69, 9.17) is 0 Å². The molecule has 0 bridgehead atoms. The largest absolute Gasteiger partial charge is 0.346 e. The number of aryl methyl sites for hydroxylation is 1. The fraction of sp³-hybridized carbons (Fsp3) is 0.217. The van der Waals surface area contributed by atoms with Crippen molar-refractivity contribution >= 4 is 35.0 Å². The van der Waals surface area contributed by atoms with E-state index in [1.54, 1.807) is 28.9 Å². The van der Waals surface area contributed by atoms with Gasteiger partial charge in [0.1, 0.15) is 11.5 Å². The van der Waals surface area contributed by atoms with E-state index in [2.05, 4.69) is 20.4 Å². The van der Waals surface area contributed by atoms with Gasteiger partial charge in [-0.1, -0.05) is 24.3 Å². The van der Waals surface area contributed by atoms with Crippen LogP contribution in [0.2, 0.25) is 0 Å². The van der Waals surface area contributed by atoms with Crippen LogP contribution in [0.15, 0.2) is 54.9 Å². The third-order valence-corrected chi connectivity index (χ3v) is 5.44. The lowest BCUT2D eigenvalue weighted by Crippen LogP contribution is -2.24. The Bertz CT molecular complexity index is 1250. The van der Waals surface area contributed by atoms with Crippen molar-refractivity contribution in [2.24, 2.45) is 7.05 Å². The first-order valence-electron chi connectivity index (χ1n) is 10.2. The van der Waals surface area contributed by atoms with Crippen LogP contribution in [-0.4, -0.2) is 38.1 Å². The topological polar surface area (TPSA) is 95.9 Å². The molecule has 1 aliphatic carbocycles. The summed E-state index contributed by atoms with van der Waals surface area (Å²) in [5.74, 6) is 1.08. The highest BCUT2D eigenvalue weighted by atomic mass is 16.1. The number of aromatic amines is 1. The Kier molecular flexibility index (Phi) is 4.74. The standard InChI is InChI=1S/C23H22N6O2/c1-28-11-9-20(27-28)25-22(31)12-15-2-4-16(5-3-15)19-13-21(29(14-30)17-6-7-17)26-23-18(19)8-10-24-23/h2-5,8-11,13-14,17H,6-7,12H2,1H3,(H,24,26)(H,25,27,31). The fourth-order valence-electron chi connectivity index (χ4n) is 3.73. The average Bonchev–Trinajstić information content (AvgIpc) is 3.33. The van der Waals surface area contributed by atoms with Crippen LogP contribution in [-0.2, 0) is 23.1 Å². The fourth-order valence-corrected chi connectivity index (χ4v) is 3.73. The van der Waals surface area contributed by atoms with Crippen molar-refractivity contribution < 1.29 is 9.59 Å². The molecule has 0 saturated heterocycles. The number of hydrogen-bond acceptors (Lipinski definition) is 4. The maximum Gasteiger partial charge on any atom is 0.229 e. The van der Waals surface area contributed by atoms with Gasteiger partial charge in [0, 0.05) is 36.9 Å². The maximum atomic E-state index is 12.3. The van der Waals surface area contributed by atoms with E-state index in [1.807, 2.05) is 42.6 Å². The highest BCUT2D eigenvalue weighted by Gasteiger charge is 2.30. The quantitative estimate of drug-likeness (QED) is 0.454. The Morgan fingerprint density at radius 2 is 2.06 bits per heavy atom. The van der Waals surface area contributed by atoms with Crippen LogP contribution in [0.1, 0.15) is 18.4 Å². The van der Waals surface area contributed by atoms with Gasteiger partial charge in [-0.15, -0.1) is 0 Å². The molecule has 0 unspecified atom stereocenters. The van der Waals surface area contributed by atoms with Gasteiger partial charge in [0.25, 0.3) is 0 Å². The molecule has 4 aromatic rings. The number of nitrogens with zero attached hydrogens (tertiary/aromatic N) is 4. The third kappa shape index (κ3) is 3.92. The highest BCUT2D eigenvalue weighted by Crippen LogP contribution is 2.35. The van der Waals surface area contributed by atoms with Crippen molar-refractivity contribution in [2.45, 2.75) is 25.3 Å². The van der Waals surface area contributed by atoms with E-state index in [9.17, 15) is 9.59 Å². The molecule has 5 rings (SSSR count). The SMILES string of the molecule is Cn1ccc(NC(=O)Cc2ccc(-c3cc(N(C=O)C4CC4)nc4[nH]ccc34)cc2)n1. The zero-order valence-electron chi connectivity index (χ0n) is 17.1. The number of fused-ring (bicyclic) bond motifs is 1. The second-order valence-electron chi connectivity index (χ2n) is 7.81. The third-order valence-electron chi connectivity index (χ3n) is 5.44. The second kappa shape index (κ2) is 7.71.